The number of aromatic nitrogens is 2. The van der Waals surface area contributed by atoms with E-state index in [4.69, 9.17) is 15.0 Å². The molecule has 2 rings (SSSR count). The zero-order valence-electron chi connectivity index (χ0n) is 11.8. The van der Waals surface area contributed by atoms with Crippen LogP contribution in [0.5, 0.6) is 11.5 Å². The van der Waals surface area contributed by atoms with Crippen LogP contribution in [0.25, 0.3) is 0 Å². The van der Waals surface area contributed by atoms with E-state index in [0.29, 0.717) is 31.3 Å². The number of phenolic OH excluding ortho intramolecular Hbond substituents is 2. The largest absolute Gasteiger partial charge is 0.504 e. The molecule has 7 nitrogen and oxygen atoms in total. The molecule has 0 aliphatic carbocycles. The number of hydrogen-bond donors (Lipinski definition) is 3. The fourth-order valence-corrected chi connectivity index (χ4v) is 1.82. The van der Waals surface area contributed by atoms with Crippen molar-refractivity contribution in [2.24, 2.45) is 5.73 Å². The second-order valence-electron chi connectivity index (χ2n) is 4.74. The number of aromatic hydroxyl groups is 2. The van der Waals surface area contributed by atoms with Gasteiger partial charge in [-0.2, -0.15) is 4.98 Å². The second kappa shape index (κ2) is 7.05. The maximum atomic E-state index is 9.45. The number of hydrogen-bond acceptors (Lipinski definition) is 7. The molecule has 7 heteroatoms. The minimum Gasteiger partial charge on any atom is -0.504 e. The van der Waals surface area contributed by atoms with Gasteiger partial charge in [0.1, 0.15) is 6.61 Å². The van der Waals surface area contributed by atoms with Gasteiger partial charge in [-0.3, -0.25) is 0 Å². The summed E-state index contributed by atoms with van der Waals surface area (Å²) in [5, 5.41) is 22.5. The van der Waals surface area contributed by atoms with Crippen LogP contribution in [0.2, 0.25) is 0 Å². The van der Waals surface area contributed by atoms with Gasteiger partial charge in [0.25, 0.3) is 0 Å². The molecule has 0 bridgehead atoms. The highest BCUT2D eigenvalue weighted by Crippen LogP contribution is 2.26. The average Bonchev–Trinajstić information content (AvgIpc) is 2.92. The molecular formula is C14H19N3O4. The molecule has 0 spiro atoms. The summed E-state index contributed by atoms with van der Waals surface area (Å²) in [7, 11) is 0. The van der Waals surface area contributed by atoms with Gasteiger partial charge in [0, 0.05) is 6.61 Å². The molecule has 114 valence electrons. The number of phenols is 2. The predicted octanol–water partition coefficient (Wildman–Crippen LogP) is 1.65. The third kappa shape index (κ3) is 4.17. The Morgan fingerprint density at radius 3 is 2.86 bits per heavy atom. The lowest BCUT2D eigenvalue weighted by Crippen LogP contribution is -2.14. The molecule has 0 saturated carbocycles. The summed E-state index contributed by atoms with van der Waals surface area (Å²) >= 11 is 0. The van der Waals surface area contributed by atoms with Crippen molar-refractivity contribution in [3.63, 3.8) is 0 Å². The topological polar surface area (TPSA) is 115 Å². The van der Waals surface area contributed by atoms with Gasteiger partial charge in [-0.25, -0.2) is 0 Å². The van der Waals surface area contributed by atoms with E-state index in [2.05, 4.69) is 10.1 Å². The molecule has 0 aliphatic rings. The zero-order valence-corrected chi connectivity index (χ0v) is 11.8. The first-order valence-electron chi connectivity index (χ1n) is 6.76. The third-order valence-electron chi connectivity index (χ3n) is 2.88. The molecule has 0 saturated heterocycles. The summed E-state index contributed by atoms with van der Waals surface area (Å²) in [6.07, 6.45) is 1.33. The monoisotopic (exact) mass is 293 g/mol. The van der Waals surface area contributed by atoms with Gasteiger partial charge in [-0.15, -0.1) is 0 Å². The summed E-state index contributed by atoms with van der Waals surface area (Å²) in [4.78, 5) is 4.18. The van der Waals surface area contributed by atoms with E-state index in [0.717, 1.165) is 12.0 Å². The molecule has 0 radical (unpaired) electrons. The van der Waals surface area contributed by atoms with Gasteiger partial charge < -0.3 is 25.2 Å². The molecule has 4 N–H and O–H groups in total. The van der Waals surface area contributed by atoms with E-state index in [1.807, 2.05) is 6.92 Å². The lowest BCUT2D eigenvalue weighted by molar-refractivity contribution is 0.114. The van der Waals surface area contributed by atoms with Crippen LogP contribution in [0.3, 0.4) is 0 Å². The van der Waals surface area contributed by atoms with Crippen LogP contribution in [0.1, 0.15) is 36.7 Å². The van der Waals surface area contributed by atoms with E-state index >= 15 is 0 Å². The van der Waals surface area contributed by atoms with Crippen LogP contribution in [-0.4, -0.2) is 27.0 Å². The molecule has 1 unspecified atom stereocenters. The minimum absolute atomic E-state index is 0.166. The average molecular weight is 293 g/mol. The second-order valence-corrected chi connectivity index (χ2v) is 4.74. The number of nitrogens with two attached hydrogens (primary N) is 1. The molecule has 1 atom stereocenters. The van der Waals surface area contributed by atoms with E-state index < -0.39 is 6.04 Å². The summed E-state index contributed by atoms with van der Waals surface area (Å²) in [6, 6.07) is 4.06. The van der Waals surface area contributed by atoms with Crippen molar-refractivity contribution in [2.75, 3.05) is 6.61 Å². The van der Waals surface area contributed by atoms with Crippen molar-refractivity contribution in [1.82, 2.24) is 10.1 Å². The Hall–Kier alpha value is -2.12. The number of nitrogens with zero attached hydrogens (tertiary/aromatic N) is 2. The minimum atomic E-state index is -0.485. The van der Waals surface area contributed by atoms with Gasteiger partial charge in [-0.1, -0.05) is 18.1 Å². The fraction of sp³-hybridized carbons (Fsp3) is 0.429. The Balaban J connectivity index is 1.96. The van der Waals surface area contributed by atoms with Crippen molar-refractivity contribution in [2.45, 2.75) is 32.4 Å². The van der Waals surface area contributed by atoms with E-state index in [1.54, 1.807) is 6.07 Å². The van der Waals surface area contributed by atoms with Crippen LogP contribution in [0.4, 0.5) is 0 Å². The van der Waals surface area contributed by atoms with E-state index in [9.17, 15) is 10.2 Å². The highest BCUT2D eigenvalue weighted by Gasteiger charge is 2.16. The van der Waals surface area contributed by atoms with E-state index in [-0.39, 0.29) is 11.5 Å². The van der Waals surface area contributed by atoms with Gasteiger partial charge in [0.05, 0.1) is 6.04 Å². The molecule has 21 heavy (non-hydrogen) atoms. The summed E-state index contributed by atoms with van der Waals surface area (Å²) in [5.74, 6) is 0.430. The van der Waals surface area contributed by atoms with E-state index in [1.165, 1.54) is 12.1 Å². The Kier molecular flexibility index (Phi) is 5.13. The van der Waals surface area contributed by atoms with Crippen molar-refractivity contribution in [1.29, 1.82) is 0 Å². The Bertz CT molecular complexity index is 585. The SMILES string of the molecule is CCCOCc1noc(C(N)Cc2ccc(O)c(O)c2)n1. The van der Waals surface area contributed by atoms with Crippen molar-refractivity contribution in [3.05, 3.63) is 35.5 Å². The van der Waals surface area contributed by atoms with Gasteiger partial charge in [-0.05, 0) is 30.5 Å². The number of rotatable bonds is 7. The van der Waals surface area contributed by atoms with Crippen LogP contribution in [0, 0.1) is 0 Å². The zero-order chi connectivity index (χ0) is 15.2. The number of ether oxygens (including phenoxy) is 1. The van der Waals surface area contributed by atoms with Crippen LogP contribution in [-0.2, 0) is 17.8 Å². The lowest BCUT2D eigenvalue weighted by Gasteiger charge is -2.07. The Morgan fingerprint density at radius 1 is 1.33 bits per heavy atom. The molecule has 1 heterocycles. The summed E-state index contributed by atoms with van der Waals surface area (Å²) in [6.45, 7) is 2.96. The van der Waals surface area contributed by atoms with Crippen LogP contribution in [0.15, 0.2) is 22.7 Å². The molecular weight excluding hydrogens is 274 g/mol. The molecule has 0 amide bonds. The van der Waals surface area contributed by atoms with Crippen molar-refractivity contribution in [3.8, 4) is 11.5 Å². The van der Waals surface area contributed by atoms with Crippen LogP contribution < -0.4 is 5.73 Å². The van der Waals surface area contributed by atoms with Gasteiger partial charge >= 0.3 is 0 Å². The fourth-order valence-electron chi connectivity index (χ4n) is 1.82. The smallest absolute Gasteiger partial charge is 0.243 e. The first kappa shape index (κ1) is 15.3. The van der Waals surface area contributed by atoms with Crippen molar-refractivity contribution < 1.29 is 19.5 Å². The Labute approximate surface area is 122 Å². The number of benzene rings is 1. The predicted molar refractivity (Wildman–Crippen MR) is 74.6 cm³/mol. The molecule has 1 aromatic carbocycles. The van der Waals surface area contributed by atoms with Crippen molar-refractivity contribution >= 4 is 0 Å². The molecule has 0 aliphatic heterocycles. The maximum Gasteiger partial charge on any atom is 0.243 e. The summed E-state index contributed by atoms with van der Waals surface area (Å²) < 4.78 is 10.4. The van der Waals surface area contributed by atoms with Gasteiger partial charge in [0.2, 0.25) is 5.89 Å². The molecule has 0 fully saturated rings. The normalized spacial score (nSPS) is 12.5. The highest BCUT2D eigenvalue weighted by atomic mass is 16.5. The summed E-state index contributed by atoms with van der Waals surface area (Å²) in [5.41, 5.74) is 6.77. The third-order valence-corrected chi connectivity index (χ3v) is 2.88. The van der Waals surface area contributed by atoms with Crippen LogP contribution >= 0.6 is 0 Å². The Morgan fingerprint density at radius 2 is 2.14 bits per heavy atom. The maximum absolute atomic E-state index is 9.45. The first-order chi connectivity index (χ1) is 10.1. The lowest BCUT2D eigenvalue weighted by atomic mass is 10.1. The van der Waals surface area contributed by atoms with Gasteiger partial charge in [0.15, 0.2) is 17.3 Å². The highest BCUT2D eigenvalue weighted by molar-refractivity contribution is 5.40. The molecule has 2 aromatic rings. The standard InChI is InChI=1S/C14H19N3O4/c1-2-5-20-8-13-16-14(21-17-13)10(15)6-9-3-4-11(18)12(19)7-9/h3-4,7,10,18-19H,2,5-6,8,15H2,1H3. The quantitative estimate of drug-likeness (QED) is 0.525. The molecule has 1 aromatic heterocycles. The first-order valence-corrected chi connectivity index (χ1v) is 6.76.